The van der Waals surface area contributed by atoms with Crippen LogP contribution in [-0.2, 0) is 11.5 Å². The average molecular weight is 345 g/mol. The second kappa shape index (κ2) is 7.50. The van der Waals surface area contributed by atoms with E-state index < -0.39 is 0 Å². The number of ether oxygens (including phenoxy) is 1. The van der Waals surface area contributed by atoms with E-state index in [1.54, 1.807) is 29.1 Å². The molecule has 3 aromatic rings. The normalized spacial score (nSPS) is 11.0. The van der Waals surface area contributed by atoms with Gasteiger partial charge in [0.25, 0.3) is 0 Å². The molecule has 0 atom stereocenters. The zero-order valence-electron chi connectivity index (χ0n) is 13.3. The minimum absolute atomic E-state index is 0.261. The van der Waals surface area contributed by atoms with Gasteiger partial charge in [-0.3, -0.25) is 0 Å². The quantitative estimate of drug-likeness (QED) is 0.505. The molecule has 0 unspecified atom stereocenters. The van der Waals surface area contributed by atoms with Gasteiger partial charge in [-0.05, 0) is 43.5 Å². The van der Waals surface area contributed by atoms with Crippen LogP contribution in [0.1, 0.15) is 6.92 Å². The number of hydrogen-bond donors (Lipinski definition) is 0. The summed E-state index contributed by atoms with van der Waals surface area (Å²) in [6.45, 7) is 2.73. The van der Waals surface area contributed by atoms with Gasteiger partial charge in [-0.1, -0.05) is 17.0 Å². The van der Waals surface area contributed by atoms with Gasteiger partial charge < -0.3 is 4.74 Å². The summed E-state index contributed by atoms with van der Waals surface area (Å²) in [5.74, 6) is -0.296. The van der Waals surface area contributed by atoms with Gasteiger partial charge in [0.05, 0.1) is 5.69 Å². The molecule has 0 aliphatic heterocycles. The molecule has 0 N–H and O–H groups in total. The first-order chi connectivity index (χ1) is 11.7. The number of thioether (sulfide) groups is 1. The molecule has 24 heavy (non-hydrogen) atoms. The number of benzene rings is 1. The zero-order chi connectivity index (χ0) is 16.9. The van der Waals surface area contributed by atoms with Crippen molar-refractivity contribution >= 4 is 11.8 Å². The minimum Gasteiger partial charge on any atom is -0.359 e. The van der Waals surface area contributed by atoms with Crippen LogP contribution in [0.2, 0.25) is 0 Å². The van der Waals surface area contributed by atoms with E-state index in [1.807, 2.05) is 13.2 Å². The molecule has 3 rings (SSSR count). The maximum Gasteiger partial charge on any atom is 0.187 e. The van der Waals surface area contributed by atoms with E-state index in [2.05, 4.69) is 20.3 Å². The highest BCUT2D eigenvalue weighted by Crippen LogP contribution is 2.30. The Labute approximate surface area is 143 Å². The molecule has 0 saturated heterocycles. The van der Waals surface area contributed by atoms with Crippen molar-refractivity contribution in [2.45, 2.75) is 18.8 Å². The molecule has 0 fully saturated rings. The second-order valence-corrected chi connectivity index (χ2v) is 5.62. The van der Waals surface area contributed by atoms with E-state index in [0.717, 1.165) is 11.3 Å². The van der Waals surface area contributed by atoms with Gasteiger partial charge >= 0.3 is 0 Å². The fourth-order valence-electron chi connectivity index (χ4n) is 2.22. The molecule has 0 radical (unpaired) electrons. The Morgan fingerprint density at radius 2 is 2.00 bits per heavy atom. The maximum absolute atomic E-state index is 13.3. The maximum atomic E-state index is 13.3. The highest BCUT2D eigenvalue weighted by Gasteiger charge is 2.18. The SMILES string of the molecule is CCOCn1nnc(-c2ccnc(SC)n2)c1-c1ccc(F)cc1. The summed E-state index contributed by atoms with van der Waals surface area (Å²) in [5.41, 5.74) is 2.80. The fraction of sp³-hybridized carbons (Fsp3) is 0.250. The van der Waals surface area contributed by atoms with Crippen molar-refractivity contribution in [3.05, 3.63) is 42.3 Å². The van der Waals surface area contributed by atoms with Crippen molar-refractivity contribution in [1.29, 1.82) is 0 Å². The molecule has 124 valence electrons. The molecule has 0 bridgehead atoms. The van der Waals surface area contributed by atoms with Gasteiger partial charge in [0, 0.05) is 18.4 Å². The minimum atomic E-state index is -0.296. The first-order valence-electron chi connectivity index (χ1n) is 7.37. The second-order valence-electron chi connectivity index (χ2n) is 4.84. The Balaban J connectivity index is 2.11. The van der Waals surface area contributed by atoms with E-state index in [-0.39, 0.29) is 12.5 Å². The Morgan fingerprint density at radius 3 is 2.71 bits per heavy atom. The van der Waals surface area contributed by atoms with E-state index in [0.29, 0.717) is 23.2 Å². The van der Waals surface area contributed by atoms with Gasteiger partial charge in [-0.15, -0.1) is 5.10 Å². The number of halogens is 1. The molecule has 6 nitrogen and oxygen atoms in total. The lowest BCUT2D eigenvalue weighted by Gasteiger charge is -2.08. The fourth-order valence-corrected chi connectivity index (χ4v) is 2.57. The molecule has 2 heterocycles. The van der Waals surface area contributed by atoms with Crippen molar-refractivity contribution in [2.24, 2.45) is 0 Å². The van der Waals surface area contributed by atoms with Gasteiger partial charge in [-0.25, -0.2) is 19.0 Å². The van der Waals surface area contributed by atoms with Gasteiger partial charge in [0.1, 0.15) is 23.9 Å². The van der Waals surface area contributed by atoms with Crippen LogP contribution in [0, 0.1) is 5.82 Å². The topological polar surface area (TPSA) is 65.7 Å². The zero-order valence-corrected chi connectivity index (χ0v) is 14.1. The number of aromatic nitrogens is 5. The first kappa shape index (κ1) is 16.5. The van der Waals surface area contributed by atoms with Crippen LogP contribution < -0.4 is 0 Å². The number of rotatable bonds is 6. The Morgan fingerprint density at radius 1 is 1.21 bits per heavy atom. The largest absolute Gasteiger partial charge is 0.359 e. The molecule has 0 spiro atoms. The molecule has 8 heteroatoms. The molecular formula is C16H16FN5OS. The average Bonchev–Trinajstić information content (AvgIpc) is 3.04. The molecule has 1 aromatic carbocycles. The van der Waals surface area contributed by atoms with E-state index in [9.17, 15) is 4.39 Å². The van der Waals surface area contributed by atoms with Crippen molar-refractivity contribution < 1.29 is 9.13 Å². The van der Waals surface area contributed by atoms with Crippen molar-refractivity contribution in [3.63, 3.8) is 0 Å². The summed E-state index contributed by atoms with van der Waals surface area (Å²) in [4.78, 5) is 8.66. The standard InChI is InChI=1S/C16H16FN5OS/c1-3-23-10-22-15(11-4-6-12(17)7-5-11)14(20-21-22)13-8-9-18-16(19-13)24-2/h4-9H,3,10H2,1-2H3. The van der Waals surface area contributed by atoms with Gasteiger partial charge in [0.2, 0.25) is 0 Å². The molecule has 0 saturated carbocycles. The van der Waals surface area contributed by atoms with Crippen LogP contribution in [-0.4, -0.2) is 37.8 Å². The van der Waals surface area contributed by atoms with E-state index >= 15 is 0 Å². The van der Waals surface area contributed by atoms with Gasteiger partial charge in [-0.2, -0.15) is 0 Å². The number of nitrogens with zero attached hydrogens (tertiary/aromatic N) is 5. The van der Waals surface area contributed by atoms with Crippen LogP contribution in [0.4, 0.5) is 4.39 Å². The smallest absolute Gasteiger partial charge is 0.187 e. The Bertz CT molecular complexity index is 822. The lowest BCUT2D eigenvalue weighted by atomic mass is 10.1. The third-order valence-corrected chi connectivity index (χ3v) is 3.89. The van der Waals surface area contributed by atoms with E-state index in [1.165, 1.54) is 23.9 Å². The van der Waals surface area contributed by atoms with Crippen LogP contribution in [0.5, 0.6) is 0 Å². The molecule has 0 aliphatic carbocycles. The van der Waals surface area contributed by atoms with Crippen LogP contribution in [0.15, 0.2) is 41.7 Å². The Hall–Kier alpha value is -2.32. The van der Waals surface area contributed by atoms with Crippen molar-refractivity contribution in [3.8, 4) is 22.6 Å². The predicted octanol–water partition coefficient (Wildman–Crippen LogP) is 3.26. The summed E-state index contributed by atoms with van der Waals surface area (Å²) in [7, 11) is 0. The number of hydrogen-bond acceptors (Lipinski definition) is 6. The summed E-state index contributed by atoms with van der Waals surface area (Å²) < 4.78 is 20.4. The summed E-state index contributed by atoms with van der Waals surface area (Å²) in [6, 6.07) is 7.98. The highest BCUT2D eigenvalue weighted by atomic mass is 32.2. The lowest BCUT2D eigenvalue weighted by molar-refractivity contribution is 0.0790. The van der Waals surface area contributed by atoms with Gasteiger partial charge in [0.15, 0.2) is 5.16 Å². The third kappa shape index (κ3) is 3.44. The van der Waals surface area contributed by atoms with Crippen molar-refractivity contribution in [2.75, 3.05) is 12.9 Å². The van der Waals surface area contributed by atoms with Crippen molar-refractivity contribution in [1.82, 2.24) is 25.0 Å². The van der Waals surface area contributed by atoms with Crippen LogP contribution in [0.3, 0.4) is 0 Å². The summed E-state index contributed by atoms with van der Waals surface area (Å²) in [5, 5.41) is 9.07. The molecule has 2 aromatic heterocycles. The van der Waals surface area contributed by atoms with Crippen LogP contribution in [0.25, 0.3) is 22.6 Å². The van der Waals surface area contributed by atoms with E-state index in [4.69, 9.17) is 4.74 Å². The summed E-state index contributed by atoms with van der Waals surface area (Å²) >= 11 is 1.45. The monoisotopic (exact) mass is 345 g/mol. The first-order valence-corrected chi connectivity index (χ1v) is 8.60. The third-order valence-electron chi connectivity index (χ3n) is 3.33. The lowest BCUT2D eigenvalue weighted by Crippen LogP contribution is -2.06. The summed E-state index contributed by atoms with van der Waals surface area (Å²) in [6.07, 6.45) is 3.59. The molecular weight excluding hydrogens is 329 g/mol. The molecule has 0 amide bonds. The predicted molar refractivity (Wildman–Crippen MR) is 89.8 cm³/mol. The molecule has 0 aliphatic rings. The van der Waals surface area contributed by atoms with Crippen LogP contribution >= 0.6 is 11.8 Å². The Kier molecular flexibility index (Phi) is 5.17. The highest BCUT2D eigenvalue weighted by molar-refractivity contribution is 7.98.